The fourth-order valence-corrected chi connectivity index (χ4v) is 2.47. The third-order valence-electron chi connectivity index (χ3n) is 4.32. The molecule has 0 saturated carbocycles. The first-order valence-electron chi connectivity index (χ1n) is 6.76. The number of benzene rings is 1. The van der Waals surface area contributed by atoms with Crippen LogP contribution >= 0.6 is 0 Å². The Balaban J connectivity index is 2.09. The molecule has 2 N–H and O–H groups in total. The topological polar surface area (TPSA) is 60.8 Å². The van der Waals surface area contributed by atoms with Crippen LogP contribution in [-0.2, 0) is 0 Å². The van der Waals surface area contributed by atoms with Crippen molar-refractivity contribution >= 4 is 5.91 Å². The minimum absolute atomic E-state index is 0.0359. The Labute approximate surface area is 113 Å². The Morgan fingerprint density at radius 1 is 1.32 bits per heavy atom. The lowest BCUT2D eigenvalue weighted by molar-refractivity contribution is 0.0597. The fraction of sp³-hybridized carbons (Fsp3) is 0.533. The number of hydrogen-bond acceptors (Lipinski definition) is 3. The average molecular weight is 263 g/mol. The molecule has 1 fully saturated rings. The van der Waals surface area contributed by atoms with Gasteiger partial charge in [-0.15, -0.1) is 0 Å². The van der Waals surface area contributed by atoms with Crippen molar-refractivity contribution in [3.05, 3.63) is 23.8 Å². The number of carbonyl (C=O) groups is 1. The molecule has 2 rings (SSSR count). The van der Waals surface area contributed by atoms with E-state index in [1.165, 1.54) is 18.2 Å². The van der Waals surface area contributed by atoms with E-state index in [9.17, 15) is 15.0 Å². The van der Waals surface area contributed by atoms with E-state index in [4.69, 9.17) is 0 Å². The quantitative estimate of drug-likeness (QED) is 0.862. The van der Waals surface area contributed by atoms with Gasteiger partial charge >= 0.3 is 0 Å². The molecule has 0 spiro atoms. The highest BCUT2D eigenvalue weighted by molar-refractivity contribution is 5.97. The second-order valence-corrected chi connectivity index (χ2v) is 5.66. The van der Waals surface area contributed by atoms with Crippen molar-refractivity contribution in [1.29, 1.82) is 0 Å². The van der Waals surface area contributed by atoms with Crippen LogP contribution in [-0.4, -0.2) is 34.1 Å². The summed E-state index contributed by atoms with van der Waals surface area (Å²) in [6.07, 6.45) is 3.11. The predicted octanol–water partition coefficient (Wildman–Crippen LogP) is 2.75. The first-order chi connectivity index (χ1) is 8.95. The van der Waals surface area contributed by atoms with Crippen molar-refractivity contribution in [3.63, 3.8) is 0 Å². The number of phenols is 2. The van der Waals surface area contributed by atoms with Gasteiger partial charge in [-0.3, -0.25) is 4.79 Å². The summed E-state index contributed by atoms with van der Waals surface area (Å²) >= 11 is 0. The number of aromatic hydroxyl groups is 2. The van der Waals surface area contributed by atoms with Crippen molar-refractivity contribution in [1.82, 2.24) is 4.90 Å². The van der Waals surface area contributed by atoms with Crippen LogP contribution < -0.4 is 0 Å². The third-order valence-corrected chi connectivity index (χ3v) is 4.32. The van der Waals surface area contributed by atoms with Gasteiger partial charge in [0.15, 0.2) is 0 Å². The van der Waals surface area contributed by atoms with Gasteiger partial charge in [0.05, 0.1) is 5.56 Å². The van der Waals surface area contributed by atoms with Crippen molar-refractivity contribution in [2.24, 2.45) is 5.41 Å². The van der Waals surface area contributed by atoms with E-state index in [-0.39, 0.29) is 23.0 Å². The lowest BCUT2D eigenvalue weighted by Crippen LogP contribution is -2.41. The zero-order valence-electron chi connectivity index (χ0n) is 11.5. The molecule has 0 aromatic heterocycles. The van der Waals surface area contributed by atoms with Gasteiger partial charge in [0.1, 0.15) is 11.5 Å². The molecule has 1 aliphatic rings. The summed E-state index contributed by atoms with van der Waals surface area (Å²) in [7, 11) is 0. The van der Waals surface area contributed by atoms with Crippen molar-refractivity contribution in [3.8, 4) is 11.5 Å². The summed E-state index contributed by atoms with van der Waals surface area (Å²) in [5.41, 5.74) is 0.589. The maximum absolute atomic E-state index is 12.3. The molecule has 1 amide bonds. The summed E-state index contributed by atoms with van der Waals surface area (Å²) in [4.78, 5) is 14.1. The highest BCUT2D eigenvalue weighted by atomic mass is 16.3. The van der Waals surface area contributed by atoms with Gasteiger partial charge in [-0.05, 0) is 30.4 Å². The van der Waals surface area contributed by atoms with Gasteiger partial charge in [-0.1, -0.05) is 20.3 Å². The van der Waals surface area contributed by atoms with Crippen LogP contribution in [0.25, 0.3) is 0 Å². The Morgan fingerprint density at radius 2 is 1.95 bits per heavy atom. The molecule has 0 aliphatic carbocycles. The second kappa shape index (κ2) is 5.11. The van der Waals surface area contributed by atoms with Crippen LogP contribution in [0, 0.1) is 5.41 Å². The third kappa shape index (κ3) is 2.83. The maximum Gasteiger partial charge on any atom is 0.257 e. The molecule has 104 valence electrons. The Kier molecular flexibility index (Phi) is 3.69. The smallest absolute Gasteiger partial charge is 0.257 e. The Morgan fingerprint density at radius 3 is 2.47 bits per heavy atom. The number of likely N-dealkylation sites (tertiary alicyclic amines) is 1. The van der Waals surface area contributed by atoms with Crippen molar-refractivity contribution in [2.45, 2.75) is 33.1 Å². The first kappa shape index (κ1) is 13.7. The highest BCUT2D eigenvalue weighted by Gasteiger charge is 2.31. The van der Waals surface area contributed by atoms with Gasteiger partial charge in [0, 0.05) is 19.2 Å². The molecule has 1 saturated heterocycles. The summed E-state index contributed by atoms with van der Waals surface area (Å²) in [6, 6.07) is 4.10. The van der Waals surface area contributed by atoms with E-state index in [1.807, 2.05) is 0 Å². The summed E-state index contributed by atoms with van der Waals surface area (Å²) in [5.74, 6) is -0.351. The Bertz CT molecular complexity index is 476. The zero-order chi connectivity index (χ0) is 14.0. The van der Waals surface area contributed by atoms with Gasteiger partial charge in [-0.25, -0.2) is 0 Å². The molecular formula is C15H21NO3. The SMILES string of the molecule is CCC1(C)CCN(C(=O)c2ccc(O)cc2O)CC1. The molecule has 0 bridgehead atoms. The second-order valence-electron chi connectivity index (χ2n) is 5.66. The van der Waals surface area contributed by atoms with Crippen LogP contribution in [0.1, 0.15) is 43.5 Å². The molecule has 1 aromatic rings. The molecule has 4 nitrogen and oxygen atoms in total. The van der Waals surface area contributed by atoms with Crippen LogP contribution in [0.4, 0.5) is 0 Å². The molecule has 0 unspecified atom stereocenters. The number of carbonyl (C=O) groups excluding carboxylic acids is 1. The maximum atomic E-state index is 12.3. The lowest BCUT2D eigenvalue weighted by atomic mass is 9.78. The molecule has 19 heavy (non-hydrogen) atoms. The van der Waals surface area contributed by atoms with E-state index in [2.05, 4.69) is 13.8 Å². The predicted molar refractivity (Wildman–Crippen MR) is 73.3 cm³/mol. The molecule has 1 heterocycles. The minimum atomic E-state index is -0.158. The summed E-state index contributed by atoms with van der Waals surface area (Å²) < 4.78 is 0. The molecule has 4 heteroatoms. The Hall–Kier alpha value is -1.71. The number of amides is 1. The monoisotopic (exact) mass is 263 g/mol. The summed E-state index contributed by atoms with van der Waals surface area (Å²) in [6.45, 7) is 5.89. The molecular weight excluding hydrogens is 242 g/mol. The van der Waals surface area contributed by atoms with E-state index >= 15 is 0 Å². The molecule has 1 aliphatic heterocycles. The van der Waals surface area contributed by atoms with Crippen LogP contribution in [0.15, 0.2) is 18.2 Å². The van der Waals surface area contributed by atoms with Crippen molar-refractivity contribution < 1.29 is 15.0 Å². The minimum Gasteiger partial charge on any atom is -0.508 e. The van der Waals surface area contributed by atoms with E-state index in [1.54, 1.807) is 4.90 Å². The summed E-state index contributed by atoms with van der Waals surface area (Å²) in [5, 5.41) is 19.0. The first-order valence-corrected chi connectivity index (χ1v) is 6.76. The molecule has 1 aromatic carbocycles. The number of piperidine rings is 1. The van der Waals surface area contributed by atoms with E-state index in [0.717, 1.165) is 32.4 Å². The molecule has 0 radical (unpaired) electrons. The normalized spacial score (nSPS) is 18.3. The van der Waals surface area contributed by atoms with Crippen LogP contribution in [0.2, 0.25) is 0 Å². The number of hydrogen-bond donors (Lipinski definition) is 2. The molecule has 0 atom stereocenters. The zero-order valence-corrected chi connectivity index (χ0v) is 11.5. The highest BCUT2D eigenvalue weighted by Crippen LogP contribution is 2.35. The number of phenolic OH excluding ortho intramolecular Hbond substituents is 2. The van der Waals surface area contributed by atoms with Crippen molar-refractivity contribution in [2.75, 3.05) is 13.1 Å². The largest absolute Gasteiger partial charge is 0.508 e. The average Bonchev–Trinajstić information content (AvgIpc) is 2.39. The number of rotatable bonds is 2. The van der Waals surface area contributed by atoms with Gasteiger partial charge < -0.3 is 15.1 Å². The van der Waals surface area contributed by atoms with Crippen LogP contribution in [0.5, 0.6) is 11.5 Å². The van der Waals surface area contributed by atoms with E-state index < -0.39 is 0 Å². The fourth-order valence-electron chi connectivity index (χ4n) is 2.47. The standard InChI is InChI=1S/C15H21NO3/c1-3-15(2)6-8-16(9-7-15)14(19)12-5-4-11(17)10-13(12)18/h4-5,10,17-18H,3,6-9H2,1-2H3. The van der Waals surface area contributed by atoms with Gasteiger partial charge in [-0.2, -0.15) is 0 Å². The van der Waals surface area contributed by atoms with Gasteiger partial charge in [0.25, 0.3) is 5.91 Å². The number of nitrogens with zero attached hydrogens (tertiary/aromatic N) is 1. The van der Waals surface area contributed by atoms with E-state index in [0.29, 0.717) is 5.41 Å². The lowest BCUT2D eigenvalue weighted by Gasteiger charge is -2.39. The van der Waals surface area contributed by atoms with Gasteiger partial charge in [0.2, 0.25) is 0 Å². The van der Waals surface area contributed by atoms with Crippen LogP contribution in [0.3, 0.4) is 0 Å².